The topological polar surface area (TPSA) is 92.6 Å². The van der Waals surface area contributed by atoms with Gasteiger partial charge in [0.25, 0.3) is 5.91 Å². The highest BCUT2D eigenvalue weighted by Gasteiger charge is 2.46. The van der Waals surface area contributed by atoms with Crippen LogP contribution in [0, 0.1) is 0 Å². The summed E-state index contributed by atoms with van der Waals surface area (Å²) in [5, 5.41) is 3.19. The van der Waals surface area contributed by atoms with E-state index >= 15 is 0 Å². The molecule has 2 heterocycles. The number of nitrogens with one attached hydrogen (secondary N) is 2. The predicted molar refractivity (Wildman–Crippen MR) is 124 cm³/mol. The van der Waals surface area contributed by atoms with E-state index in [0.29, 0.717) is 28.3 Å². The van der Waals surface area contributed by atoms with E-state index in [1.165, 1.54) is 0 Å². The van der Waals surface area contributed by atoms with E-state index < -0.39 is 10.0 Å². The van der Waals surface area contributed by atoms with Gasteiger partial charge in [0.2, 0.25) is 10.0 Å². The number of carbonyl (C=O) groups is 1. The maximum absolute atomic E-state index is 13.3. The first-order chi connectivity index (χ1) is 15.3. The van der Waals surface area contributed by atoms with Gasteiger partial charge in [-0.15, -0.1) is 0 Å². The molecule has 2 aromatic carbocycles. The van der Waals surface area contributed by atoms with E-state index in [-0.39, 0.29) is 11.4 Å². The Morgan fingerprint density at radius 3 is 2.47 bits per heavy atom. The molecule has 162 valence electrons. The highest BCUT2D eigenvalue weighted by Crippen LogP contribution is 2.45. The van der Waals surface area contributed by atoms with Crippen molar-refractivity contribution in [2.24, 2.45) is 0 Å². The van der Waals surface area contributed by atoms with Gasteiger partial charge in [0, 0.05) is 17.4 Å². The van der Waals surface area contributed by atoms with Crippen molar-refractivity contribution in [1.82, 2.24) is 14.7 Å². The van der Waals surface area contributed by atoms with Crippen molar-refractivity contribution in [2.45, 2.75) is 18.4 Å². The second kappa shape index (κ2) is 7.49. The van der Waals surface area contributed by atoms with E-state index in [1.54, 1.807) is 18.2 Å². The summed E-state index contributed by atoms with van der Waals surface area (Å²) >= 11 is 0. The number of nitrogens with zero attached hydrogens (tertiary/aromatic N) is 2. The minimum atomic E-state index is -3.41. The molecule has 0 atom stereocenters. The Kier molecular flexibility index (Phi) is 4.74. The molecule has 1 fully saturated rings. The van der Waals surface area contributed by atoms with Gasteiger partial charge in [0.15, 0.2) is 5.69 Å². The molecule has 2 N–H and O–H groups in total. The van der Waals surface area contributed by atoms with Gasteiger partial charge in [-0.05, 0) is 42.7 Å². The molecule has 0 saturated heterocycles. The van der Waals surface area contributed by atoms with Gasteiger partial charge in [-0.1, -0.05) is 48.5 Å². The lowest BCUT2D eigenvalue weighted by molar-refractivity contribution is 0.0928. The molecular weight excluding hydrogens is 424 g/mol. The molecular formula is C24H22N4O3S. The number of amides is 1. The fourth-order valence-electron chi connectivity index (χ4n) is 3.99. The highest BCUT2D eigenvalue weighted by molar-refractivity contribution is 7.92. The van der Waals surface area contributed by atoms with Gasteiger partial charge in [0.1, 0.15) is 5.82 Å². The van der Waals surface area contributed by atoms with Crippen molar-refractivity contribution in [3.63, 3.8) is 0 Å². The minimum Gasteiger partial charge on any atom is -0.341 e. The van der Waals surface area contributed by atoms with Gasteiger partial charge < -0.3 is 5.32 Å². The van der Waals surface area contributed by atoms with E-state index in [2.05, 4.69) is 15.0 Å². The number of hydrogen-bond donors (Lipinski definition) is 2. The van der Waals surface area contributed by atoms with E-state index in [0.717, 1.165) is 24.7 Å². The smallest absolute Gasteiger partial charge is 0.272 e. The molecule has 32 heavy (non-hydrogen) atoms. The number of fused-ring (bicyclic) bond motifs is 1. The average molecular weight is 447 g/mol. The lowest BCUT2D eigenvalue weighted by Crippen LogP contribution is -2.35. The zero-order chi connectivity index (χ0) is 22.3. The summed E-state index contributed by atoms with van der Waals surface area (Å²) in [6.45, 7) is 0. The van der Waals surface area contributed by atoms with Gasteiger partial charge in [0.05, 0.1) is 17.3 Å². The summed E-state index contributed by atoms with van der Waals surface area (Å²) < 4.78 is 27.6. The monoisotopic (exact) mass is 446 g/mol. The molecule has 1 amide bonds. The molecule has 5 rings (SSSR count). The summed E-state index contributed by atoms with van der Waals surface area (Å²) in [5.74, 6) is 0.333. The Balaban J connectivity index is 1.53. The van der Waals surface area contributed by atoms with Crippen LogP contribution in [0.15, 0.2) is 79.0 Å². The largest absolute Gasteiger partial charge is 0.341 e. The number of hydrogen-bond acceptors (Lipinski definition) is 4. The van der Waals surface area contributed by atoms with Crippen LogP contribution < -0.4 is 10.0 Å². The van der Waals surface area contributed by atoms with Crippen LogP contribution in [-0.4, -0.2) is 30.0 Å². The Morgan fingerprint density at radius 1 is 1.00 bits per heavy atom. The van der Waals surface area contributed by atoms with Gasteiger partial charge >= 0.3 is 0 Å². The maximum atomic E-state index is 13.3. The number of carbonyl (C=O) groups excluding carboxylic acids is 1. The first-order valence-electron chi connectivity index (χ1n) is 10.3. The summed E-state index contributed by atoms with van der Waals surface area (Å²) in [7, 11) is -3.41. The fourth-order valence-corrected chi connectivity index (χ4v) is 4.54. The maximum Gasteiger partial charge on any atom is 0.272 e. The number of pyridine rings is 1. The molecule has 8 heteroatoms. The van der Waals surface area contributed by atoms with E-state index in [4.69, 9.17) is 0 Å². The third kappa shape index (κ3) is 3.85. The summed E-state index contributed by atoms with van der Waals surface area (Å²) in [5.41, 5.74) is 2.90. The number of imidazole rings is 1. The first kappa shape index (κ1) is 20.3. The Bertz CT molecular complexity index is 1420. The molecule has 4 aromatic rings. The van der Waals surface area contributed by atoms with Gasteiger partial charge in [-0.25, -0.2) is 13.4 Å². The van der Waals surface area contributed by atoms with Gasteiger partial charge in [-0.2, -0.15) is 0 Å². The van der Waals surface area contributed by atoms with Crippen LogP contribution in [0.25, 0.3) is 16.9 Å². The number of sulfonamides is 1. The minimum absolute atomic E-state index is 0.230. The standard InChI is InChI=1S/C24H22N4O3S/c1-32(30,31)27-19-11-7-8-17(16-19)22-25-21(20-12-5-6-15-28(20)22)23(29)26-24(13-14-24)18-9-3-2-4-10-18/h2-12,15-16,27H,13-14H2,1H3,(H,26,29). The van der Waals surface area contributed by atoms with E-state index in [9.17, 15) is 13.2 Å². The predicted octanol–water partition coefficient (Wildman–Crippen LogP) is 3.79. The van der Waals surface area contributed by atoms with Crippen molar-refractivity contribution in [2.75, 3.05) is 11.0 Å². The molecule has 0 spiro atoms. The molecule has 1 aliphatic carbocycles. The van der Waals surface area contributed by atoms with Crippen LogP contribution in [0.1, 0.15) is 28.9 Å². The average Bonchev–Trinajstić information content (AvgIpc) is 3.44. The molecule has 0 radical (unpaired) electrons. The fraction of sp³-hybridized carbons (Fsp3) is 0.167. The number of aromatic nitrogens is 2. The lowest BCUT2D eigenvalue weighted by atomic mass is 10.0. The summed E-state index contributed by atoms with van der Waals surface area (Å²) in [4.78, 5) is 18.0. The van der Waals surface area contributed by atoms with Crippen LogP contribution in [-0.2, 0) is 15.6 Å². The normalized spacial score (nSPS) is 14.8. The zero-order valence-electron chi connectivity index (χ0n) is 17.4. The lowest BCUT2D eigenvalue weighted by Gasteiger charge is -2.17. The quantitative estimate of drug-likeness (QED) is 0.471. The van der Waals surface area contributed by atoms with Crippen LogP contribution in [0.4, 0.5) is 5.69 Å². The third-order valence-electron chi connectivity index (χ3n) is 5.62. The molecule has 0 unspecified atom stereocenters. The Labute approximate surface area is 186 Å². The molecule has 1 saturated carbocycles. The van der Waals surface area contributed by atoms with Crippen LogP contribution in [0.2, 0.25) is 0 Å². The van der Waals surface area contributed by atoms with Crippen molar-refractivity contribution >= 4 is 27.1 Å². The van der Waals surface area contributed by atoms with Crippen molar-refractivity contribution < 1.29 is 13.2 Å². The van der Waals surface area contributed by atoms with Crippen molar-refractivity contribution in [1.29, 1.82) is 0 Å². The van der Waals surface area contributed by atoms with Gasteiger partial charge in [-0.3, -0.25) is 13.9 Å². The van der Waals surface area contributed by atoms with Crippen LogP contribution in [0.3, 0.4) is 0 Å². The number of rotatable bonds is 6. The Morgan fingerprint density at radius 2 is 1.75 bits per heavy atom. The molecule has 2 aromatic heterocycles. The zero-order valence-corrected chi connectivity index (χ0v) is 18.3. The highest BCUT2D eigenvalue weighted by atomic mass is 32.2. The molecule has 0 aliphatic heterocycles. The van der Waals surface area contributed by atoms with Crippen LogP contribution >= 0.6 is 0 Å². The Hall–Kier alpha value is -3.65. The SMILES string of the molecule is CS(=O)(=O)Nc1cccc(-c2nc(C(=O)NC3(c4ccccc4)CC3)c3ccccn23)c1. The number of benzene rings is 2. The number of anilines is 1. The third-order valence-corrected chi connectivity index (χ3v) is 6.22. The summed E-state index contributed by atoms with van der Waals surface area (Å²) in [6.07, 6.45) is 4.73. The molecule has 1 aliphatic rings. The van der Waals surface area contributed by atoms with E-state index in [1.807, 2.05) is 65.2 Å². The van der Waals surface area contributed by atoms with Crippen molar-refractivity contribution in [3.05, 3.63) is 90.3 Å². The first-order valence-corrected chi connectivity index (χ1v) is 12.2. The van der Waals surface area contributed by atoms with Crippen molar-refractivity contribution in [3.8, 4) is 11.4 Å². The second-order valence-corrected chi connectivity index (χ2v) is 9.85. The van der Waals surface area contributed by atoms with Crippen LogP contribution in [0.5, 0.6) is 0 Å². The summed E-state index contributed by atoms with van der Waals surface area (Å²) in [6, 6.07) is 22.5. The second-order valence-electron chi connectivity index (χ2n) is 8.10. The molecule has 7 nitrogen and oxygen atoms in total. The molecule has 0 bridgehead atoms.